The molecule has 0 amide bonds. The maximum absolute atomic E-state index is 13.0. The van der Waals surface area contributed by atoms with Crippen LogP contribution in [0.25, 0.3) is 22.2 Å². The number of fused-ring (bicyclic) bond motifs is 1. The van der Waals surface area contributed by atoms with Crippen molar-refractivity contribution in [2.45, 2.75) is 26.9 Å². The predicted molar refractivity (Wildman–Crippen MR) is 158 cm³/mol. The van der Waals surface area contributed by atoms with E-state index >= 15 is 0 Å². The number of aromatic nitrogens is 3. The van der Waals surface area contributed by atoms with Gasteiger partial charge in [0.1, 0.15) is 11.3 Å². The van der Waals surface area contributed by atoms with Gasteiger partial charge in [-0.1, -0.05) is 18.2 Å². The molecule has 0 spiro atoms. The molecule has 0 radical (unpaired) electrons. The summed E-state index contributed by atoms with van der Waals surface area (Å²) < 4.78 is 6.91. The summed E-state index contributed by atoms with van der Waals surface area (Å²) in [5.41, 5.74) is 2.22. The molecule has 0 aliphatic heterocycles. The van der Waals surface area contributed by atoms with Gasteiger partial charge in [0.15, 0.2) is 0 Å². The zero-order valence-corrected chi connectivity index (χ0v) is 23.9. The summed E-state index contributed by atoms with van der Waals surface area (Å²) in [4.78, 5) is 49.8. The molecule has 0 bridgehead atoms. The van der Waals surface area contributed by atoms with Crippen molar-refractivity contribution >= 4 is 45.8 Å². The van der Waals surface area contributed by atoms with Crippen molar-refractivity contribution in [3.8, 4) is 11.3 Å². The van der Waals surface area contributed by atoms with E-state index in [2.05, 4.69) is 15.3 Å². The zero-order chi connectivity index (χ0) is 29.8. The molecular weight excluding hydrogens is 526 g/mol. The van der Waals surface area contributed by atoms with Crippen molar-refractivity contribution in [1.29, 1.82) is 0 Å². The first-order valence-corrected chi connectivity index (χ1v) is 13.1. The average Bonchev–Trinajstić information content (AvgIpc) is 3.31. The molecule has 0 fully saturated rings. The molecule has 2 heterocycles. The maximum Gasteiger partial charge on any atom is 0.342 e. The van der Waals surface area contributed by atoms with Gasteiger partial charge in [0.25, 0.3) is 5.69 Å². The third-order valence-electron chi connectivity index (χ3n) is 6.41. The van der Waals surface area contributed by atoms with E-state index in [0.717, 1.165) is 6.54 Å². The number of nitro groups is 1. The molecule has 0 aliphatic rings. The van der Waals surface area contributed by atoms with E-state index in [9.17, 15) is 19.7 Å². The number of likely N-dealkylation sites (N-methyl/N-ethyl adjacent to an activating group) is 2. The van der Waals surface area contributed by atoms with Crippen LogP contribution >= 0.6 is 0 Å². The minimum absolute atomic E-state index is 0.0394. The van der Waals surface area contributed by atoms with Gasteiger partial charge in [0, 0.05) is 62.2 Å². The number of hydrogen-bond acceptors (Lipinski definition) is 10. The second-order valence-electron chi connectivity index (χ2n) is 10.2. The first kappa shape index (κ1) is 29.2. The Morgan fingerprint density at radius 1 is 1.12 bits per heavy atom. The van der Waals surface area contributed by atoms with Gasteiger partial charge in [-0.2, -0.15) is 0 Å². The van der Waals surface area contributed by atoms with Gasteiger partial charge in [-0.3, -0.25) is 19.5 Å². The van der Waals surface area contributed by atoms with E-state index in [1.807, 2.05) is 49.1 Å². The Labute approximate surface area is 237 Å². The number of nitro benzene ring substituents is 1. The van der Waals surface area contributed by atoms with Gasteiger partial charge in [-0.25, -0.2) is 14.8 Å². The minimum atomic E-state index is -0.627. The van der Waals surface area contributed by atoms with E-state index < -0.39 is 10.9 Å². The number of carbonyl (C=O) groups excluding carboxylic acids is 2. The minimum Gasteiger partial charge on any atom is -0.459 e. The molecule has 0 saturated heterocycles. The predicted octanol–water partition coefficient (Wildman–Crippen LogP) is 4.97. The molecule has 12 heteroatoms. The van der Waals surface area contributed by atoms with Crippen molar-refractivity contribution in [2.75, 3.05) is 44.4 Å². The highest BCUT2D eigenvalue weighted by Crippen LogP contribution is 2.35. The number of hydrogen-bond donors (Lipinski definition) is 1. The van der Waals surface area contributed by atoms with Crippen LogP contribution in [0, 0.1) is 10.1 Å². The van der Waals surface area contributed by atoms with E-state index in [1.54, 1.807) is 38.2 Å². The standard InChI is InChI=1S/C29H33N7O5/c1-18(2)41-28(38)22-16-30-29(32-27(22)23-17-35(19(3)37)25-10-8-7-9-21(23)25)31-24-12-11-20(15-26(24)36(39)40)34(6)14-13-33(4)5/h7-12,15-18H,13-14H2,1-6H3,(H,30,31,32). The van der Waals surface area contributed by atoms with Crippen molar-refractivity contribution < 1.29 is 19.2 Å². The van der Waals surface area contributed by atoms with Crippen molar-refractivity contribution in [2.24, 2.45) is 0 Å². The van der Waals surface area contributed by atoms with Gasteiger partial charge in [0.05, 0.1) is 22.2 Å². The Morgan fingerprint density at radius 3 is 2.51 bits per heavy atom. The normalized spacial score (nSPS) is 11.2. The largest absolute Gasteiger partial charge is 0.459 e. The molecule has 214 valence electrons. The number of benzene rings is 2. The number of carbonyl (C=O) groups is 2. The molecule has 0 unspecified atom stereocenters. The summed E-state index contributed by atoms with van der Waals surface area (Å²) in [5.74, 6) is -0.799. The number of ether oxygens (including phenoxy) is 1. The van der Waals surface area contributed by atoms with E-state index in [-0.39, 0.29) is 40.6 Å². The maximum atomic E-state index is 13.0. The summed E-state index contributed by atoms with van der Waals surface area (Å²) >= 11 is 0. The van der Waals surface area contributed by atoms with Gasteiger partial charge >= 0.3 is 5.97 Å². The first-order chi connectivity index (χ1) is 19.5. The van der Waals surface area contributed by atoms with Crippen LogP contribution in [-0.4, -0.2) is 76.6 Å². The molecule has 1 N–H and O–H groups in total. The van der Waals surface area contributed by atoms with Crippen LogP contribution in [-0.2, 0) is 4.74 Å². The number of rotatable bonds is 10. The summed E-state index contributed by atoms with van der Waals surface area (Å²) in [5, 5.41) is 15.6. The van der Waals surface area contributed by atoms with E-state index in [1.165, 1.54) is 23.8 Å². The van der Waals surface area contributed by atoms with Crippen LogP contribution in [0.15, 0.2) is 54.9 Å². The van der Waals surface area contributed by atoms with Crippen LogP contribution in [0.5, 0.6) is 0 Å². The third-order valence-corrected chi connectivity index (χ3v) is 6.41. The van der Waals surface area contributed by atoms with Gasteiger partial charge in [-0.15, -0.1) is 0 Å². The average molecular weight is 560 g/mol. The van der Waals surface area contributed by atoms with Crippen molar-refractivity contribution in [3.05, 3.63) is 70.5 Å². The lowest BCUT2D eigenvalue weighted by Crippen LogP contribution is -2.28. The molecule has 4 aromatic rings. The Kier molecular flexibility index (Phi) is 8.62. The Balaban J connectivity index is 1.80. The molecule has 2 aromatic heterocycles. The number of esters is 1. The quantitative estimate of drug-likeness (QED) is 0.161. The fourth-order valence-corrected chi connectivity index (χ4v) is 4.32. The highest BCUT2D eigenvalue weighted by molar-refractivity contribution is 6.05. The van der Waals surface area contributed by atoms with Gasteiger partial charge < -0.3 is 19.9 Å². The van der Waals surface area contributed by atoms with Crippen molar-refractivity contribution in [3.63, 3.8) is 0 Å². The van der Waals surface area contributed by atoms with Gasteiger partial charge in [0.2, 0.25) is 11.9 Å². The summed E-state index contributed by atoms with van der Waals surface area (Å²) in [6.45, 7) is 6.38. The van der Waals surface area contributed by atoms with E-state index in [0.29, 0.717) is 28.7 Å². The fourth-order valence-electron chi connectivity index (χ4n) is 4.32. The Bertz CT molecular complexity index is 1610. The van der Waals surface area contributed by atoms with Crippen LogP contribution in [0.3, 0.4) is 0 Å². The topological polar surface area (TPSA) is 136 Å². The molecule has 4 rings (SSSR count). The highest BCUT2D eigenvalue weighted by atomic mass is 16.6. The summed E-state index contributed by atoms with van der Waals surface area (Å²) in [6.07, 6.45) is 2.56. The number of para-hydroxylation sites is 1. The zero-order valence-electron chi connectivity index (χ0n) is 23.9. The number of anilines is 3. The number of nitrogens with one attached hydrogen (secondary N) is 1. The lowest BCUT2D eigenvalue weighted by molar-refractivity contribution is -0.383. The summed E-state index contributed by atoms with van der Waals surface area (Å²) in [6, 6.07) is 12.1. The van der Waals surface area contributed by atoms with Crippen LogP contribution in [0.2, 0.25) is 0 Å². The molecule has 0 aliphatic carbocycles. The molecular formula is C29H33N7O5. The summed E-state index contributed by atoms with van der Waals surface area (Å²) in [7, 11) is 5.80. The SMILES string of the molecule is CC(=O)n1cc(-c2nc(Nc3ccc(N(C)CCN(C)C)cc3[N+](=O)[O-])ncc2C(=O)OC(C)C)c2ccccc21. The Morgan fingerprint density at radius 2 is 1.85 bits per heavy atom. The molecule has 0 saturated carbocycles. The Hall–Kier alpha value is -4.84. The first-order valence-electron chi connectivity index (χ1n) is 13.1. The van der Waals surface area contributed by atoms with Gasteiger partial charge in [-0.05, 0) is 46.1 Å². The molecule has 12 nitrogen and oxygen atoms in total. The smallest absolute Gasteiger partial charge is 0.342 e. The van der Waals surface area contributed by atoms with Crippen LogP contribution in [0.4, 0.5) is 23.0 Å². The fraction of sp³-hybridized carbons (Fsp3) is 0.310. The van der Waals surface area contributed by atoms with Crippen LogP contribution < -0.4 is 10.2 Å². The van der Waals surface area contributed by atoms with Crippen molar-refractivity contribution in [1.82, 2.24) is 19.4 Å². The van der Waals surface area contributed by atoms with Crippen LogP contribution in [0.1, 0.15) is 35.9 Å². The number of nitrogens with zero attached hydrogens (tertiary/aromatic N) is 6. The monoisotopic (exact) mass is 559 g/mol. The highest BCUT2D eigenvalue weighted by Gasteiger charge is 2.24. The molecule has 2 aromatic carbocycles. The lowest BCUT2D eigenvalue weighted by atomic mass is 10.1. The second kappa shape index (κ2) is 12.1. The molecule has 0 atom stereocenters. The lowest BCUT2D eigenvalue weighted by Gasteiger charge is -2.21. The molecule has 41 heavy (non-hydrogen) atoms. The van der Waals surface area contributed by atoms with E-state index in [4.69, 9.17) is 4.74 Å². The second-order valence-corrected chi connectivity index (χ2v) is 10.2. The third kappa shape index (κ3) is 6.49.